The number of nitrogen functional groups attached to an aromatic ring is 1. The molecule has 2 aliphatic rings. The first kappa shape index (κ1) is 12.3. The van der Waals surface area contributed by atoms with E-state index in [1.165, 1.54) is 19.3 Å². The molecule has 0 radical (unpaired) electrons. The van der Waals surface area contributed by atoms with Crippen LogP contribution in [0.2, 0.25) is 0 Å². The molecule has 4 heteroatoms. The molecule has 3 rings (SSSR count). The van der Waals surface area contributed by atoms with Crippen LogP contribution in [0, 0.1) is 5.92 Å². The van der Waals surface area contributed by atoms with Gasteiger partial charge in [-0.1, -0.05) is 12.8 Å². The standard InChI is InChI=1S/C15H21N3O/c1-9(6-10-2-3-10)17-14-8-13-11(7-12(14)16)4-5-15(19)18-13/h7-10,17H,2-6,16H2,1H3,(H,18,19). The highest BCUT2D eigenvalue weighted by Crippen LogP contribution is 2.35. The third-order valence-corrected chi connectivity index (χ3v) is 3.96. The number of nitrogens with one attached hydrogen (secondary N) is 2. The van der Waals surface area contributed by atoms with Crippen LogP contribution in [0.5, 0.6) is 0 Å². The summed E-state index contributed by atoms with van der Waals surface area (Å²) in [6, 6.07) is 4.39. The van der Waals surface area contributed by atoms with Gasteiger partial charge in [-0.15, -0.1) is 0 Å². The average molecular weight is 259 g/mol. The number of carbonyl (C=O) groups excluding carboxylic acids is 1. The van der Waals surface area contributed by atoms with Crippen LogP contribution >= 0.6 is 0 Å². The highest BCUT2D eigenvalue weighted by Gasteiger charge is 2.24. The fourth-order valence-electron chi connectivity index (χ4n) is 2.75. The Bertz CT molecular complexity index is 508. The second-order valence-corrected chi connectivity index (χ2v) is 5.87. The van der Waals surface area contributed by atoms with Gasteiger partial charge in [0.2, 0.25) is 5.91 Å². The van der Waals surface area contributed by atoms with E-state index in [2.05, 4.69) is 17.6 Å². The third kappa shape index (κ3) is 2.83. The smallest absolute Gasteiger partial charge is 0.224 e. The number of nitrogens with two attached hydrogens (primary N) is 1. The lowest BCUT2D eigenvalue weighted by atomic mass is 10.0. The van der Waals surface area contributed by atoms with Crippen LogP contribution in [-0.2, 0) is 11.2 Å². The third-order valence-electron chi connectivity index (χ3n) is 3.96. The summed E-state index contributed by atoms with van der Waals surface area (Å²) in [6.45, 7) is 2.19. The molecule has 0 saturated heterocycles. The van der Waals surface area contributed by atoms with E-state index in [1.807, 2.05) is 12.1 Å². The van der Waals surface area contributed by atoms with E-state index in [0.717, 1.165) is 35.0 Å². The highest BCUT2D eigenvalue weighted by molar-refractivity contribution is 5.95. The van der Waals surface area contributed by atoms with E-state index >= 15 is 0 Å². The van der Waals surface area contributed by atoms with Crippen LogP contribution in [0.15, 0.2) is 12.1 Å². The van der Waals surface area contributed by atoms with E-state index in [4.69, 9.17) is 5.73 Å². The predicted octanol–water partition coefficient (Wildman–Crippen LogP) is 2.75. The van der Waals surface area contributed by atoms with Gasteiger partial charge in [-0.3, -0.25) is 4.79 Å². The maximum absolute atomic E-state index is 11.4. The zero-order valence-corrected chi connectivity index (χ0v) is 11.3. The van der Waals surface area contributed by atoms with Gasteiger partial charge in [0, 0.05) is 18.2 Å². The van der Waals surface area contributed by atoms with Crippen molar-refractivity contribution in [1.29, 1.82) is 0 Å². The second-order valence-electron chi connectivity index (χ2n) is 5.87. The van der Waals surface area contributed by atoms with Gasteiger partial charge in [0.05, 0.1) is 11.4 Å². The predicted molar refractivity (Wildman–Crippen MR) is 78.2 cm³/mol. The Morgan fingerprint density at radius 2 is 2.21 bits per heavy atom. The Labute approximate surface area is 113 Å². The van der Waals surface area contributed by atoms with Crippen molar-refractivity contribution in [3.05, 3.63) is 17.7 Å². The van der Waals surface area contributed by atoms with Gasteiger partial charge < -0.3 is 16.4 Å². The molecule has 0 spiro atoms. The minimum Gasteiger partial charge on any atom is -0.397 e. The van der Waals surface area contributed by atoms with Crippen molar-refractivity contribution in [2.75, 3.05) is 16.4 Å². The Morgan fingerprint density at radius 3 is 2.95 bits per heavy atom. The summed E-state index contributed by atoms with van der Waals surface area (Å²) in [4.78, 5) is 11.4. The molecule has 4 nitrogen and oxygen atoms in total. The van der Waals surface area contributed by atoms with Gasteiger partial charge in [-0.2, -0.15) is 0 Å². The molecule has 1 aromatic rings. The summed E-state index contributed by atoms with van der Waals surface area (Å²) in [5.74, 6) is 0.982. The van der Waals surface area contributed by atoms with Gasteiger partial charge in [0.25, 0.3) is 0 Å². The molecule has 0 bridgehead atoms. The van der Waals surface area contributed by atoms with Crippen LogP contribution in [0.4, 0.5) is 17.1 Å². The Balaban J connectivity index is 1.76. The Kier molecular flexibility index (Phi) is 3.09. The highest BCUT2D eigenvalue weighted by atomic mass is 16.1. The van der Waals surface area contributed by atoms with Gasteiger partial charge in [0.1, 0.15) is 0 Å². The minimum absolute atomic E-state index is 0.0919. The van der Waals surface area contributed by atoms with Crippen molar-refractivity contribution < 1.29 is 4.79 Å². The summed E-state index contributed by atoms with van der Waals surface area (Å²) in [6.07, 6.45) is 5.26. The summed E-state index contributed by atoms with van der Waals surface area (Å²) >= 11 is 0. The molecule has 1 amide bonds. The number of carbonyl (C=O) groups is 1. The lowest BCUT2D eigenvalue weighted by Crippen LogP contribution is -2.21. The van der Waals surface area contributed by atoms with E-state index in [-0.39, 0.29) is 5.91 Å². The van der Waals surface area contributed by atoms with Gasteiger partial charge in [-0.05, 0) is 43.4 Å². The van der Waals surface area contributed by atoms with Crippen molar-refractivity contribution in [2.24, 2.45) is 5.92 Å². The van der Waals surface area contributed by atoms with Crippen LogP contribution in [0.25, 0.3) is 0 Å². The molecule has 1 unspecified atom stereocenters. The van der Waals surface area contributed by atoms with E-state index < -0.39 is 0 Å². The van der Waals surface area contributed by atoms with E-state index in [1.54, 1.807) is 0 Å². The molecule has 19 heavy (non-hydrogen) atoms. The number of fused-ring (bicyclic) bond motifs is 1. The Hall–Kier alpha value is -1.71. The number of rotatable bonds is 4. The second kappa shape index (κ2) is 4.76. The zero-order valence-electron chi connectivity index (χ0n) is 11.3. The largest absolute Gasteiger partial charge is 0.397 e. The monoisotopic (exact) mass is 259 g/mol. The average Bonchev–Trinajstić information content (AvgIpc) is 3.14. The maximum Gasteiger partial charge on any atom is 0.224 e. The van der Waals surface area contributed by atoms with Crippen LogP contribution < -0.4 is 16.4 Å². The van der Waals surface area contributed by atoms with E-state index in [9.17, 15) is 4.79 Å². The minimum atomic E-state index is 0.0919. The molecule has 1 saturated carbocycles. The number of amides is 1. The van der Waals surface area contributed by atoms with Crippen molar-refractivity contribution in [3.8, 4) is 0 Å². The van der Waals surface area contributed by atoms with Crippen LogP contribution in [-0.4, -0.2) is 11.9 Å². The SMILES string of the molecule is CC(CC1CC1)Nc1cc2c(cc1N)CCC(=O)N2. The van der Waals surface area contributed by atoms with Crippen molar-refractivity contribution in [3.63, 3.8) is 0 Å². The first-order chi connectivity index (χ1) is 9.11. The van der Waals surface area contributed by atoms with Crippen molar-refractivity contribution in [2.45, 2.75) is 45.1 Å². The number of hydrogen-bond acceptors (Lipinski definition) is 3. The fraction of sp³-hybridized carbons (Fsp3) is 0.533. The first-order valence-corrected chi connectivity index (χ1v) is 7.10. The molecular weight excluding hydrogens is 238 g/mol. The number of anilines is 3. The molecule has 4 N–H and O–H groups in total. The summed E-state index contributed by atoms with van der Waals surface area (Å²) in [5.41, 5.74) is 9.86. The molecule has 1 aliphatic carbocycles. The first-order valence-electron chi connectivity index (χ1n) is 7.10. The molecule has 0 aromatic heterocycles. The normalized spacial score (nSPS) is 19.5. The van der Waals surface area contributed by atoms with E-state index in [0.29, 0.717) is 12.5 Å². The van der Waals surface area contributed by atoms with Gasteiger partial charge in [0.15, 0.2) is 0 Å². The maximum atomic E-state index is 11.4. The van der Waals surface area contributed by atoms with Gasteiger partial charge >= 0.3 is 0 Å². The number of benzene rings is 1. The number of aryl methyl sites for hydroxylation is 1. The molecule has 1 aromatic carbocycles. The van der Waals surface area contributed by atoms with Crippen molar-refractivity contribution in [1.82, 2.24) is 0 Å². The van der Waals surface area contributed by atoms with Crippen molar-refractivity contribution >= 4 is 23.0 Å². The number of hydrogen-bond donors (Lipinski definition) is 3. The fourth-order valence-corrected chi connectivity index (χ4v) is 2.75. The lowest BCUT2D eigenvalue weighted by Gasteiger charge is -2.22. The molecule has 1 aliphatic heterocycles. The molecule has 1 atom stereocenters. The Morgan fingerprint density at radius 1 is 1.42 bits per heavy atom. The molecular formula is C15H21N3O. The molecule has 1 fully saturated rings. The van der Waals surface area contributed by atoms with Crippen LogP contribution in [0.1, 0.15) is 38.2 Å². The summed E-state index contributed by atoms with van der Waals surface area (Å²) < 4.78 is 0. The molecule has 1 heterocycles. The molecule has 102 valence electrons. The lowest BCUT2D eigenvalue weighted by molar-refractivity contribution is -0.116. The van der Waals surface area contributed by atoms with Gasteiger partial charge in [-0.25, -0.2) is 0 Å². The zero-order chi connectivity index (χ0) is 13.4. The van der Waals surface area contributed by atoms with Crippen LogP contribution in [0.3, 0.4) is 0 Å². The summed E-state index contributed by atoms with van der Waals surface area (Å²) in [7, 11) is 0. The topological polar surface area (TPSA) is 67.1 Å². The quantitative estimate of drug-likeness (QED) is 0.728. The summed E-state index contributed by atoms with van der Waals surface area (Å²) in [5, 5.41) is 6.39.